The van der Waals surface area contributed by atoms with Crippen LogP contribution in [-0.4, -0.2) is 305 Å². The summed E-state index contributed by atoms with van der Waals surface area (Å²) in [7, 11) is 1.19. The fraction of sp³-hybridized carbons (Fsp3) is 0.957. The lowest BCUT2D eigenvalue weighted by atomic mass is 9.95. The van der Waals surface area contributed by atoms with E-state index in [4.69, 9.17) is 66.3 Å². The second kappa shape index (κ2) is 27.5. The summed E-state index contributed by atoms with van der Waals surface area (Å²) < 4.78 is 81.9. The average Bonchev–Trinajstić information content (AvgIpc) is 3.41. The molecular formula is C47H80O31. The molecule has 31 nitrogen and oxygen atoms in total. The first-order valence-corrected chi connectivity index (χ1v) is 25.8. The normalized spacial score (nSPS) is 49.0. The molecule has 6 fully saturated rings. The van der Waals surface area contributed by atoms with Crippen molar-refractivity contribution >= 4 is 11.9 Å². The van der Waals surface area contributed by atoms with E-state index in [-0.39, 0.29) is 0 Å². The fourth-order valence-corrected chi connectivity index (χ4v) is 9.61. The Hall–Kier alpha value is -2.14. The molecule has 0 unspecified atom stereocenters. The van der Waals surface area contributed by atoms with E-state index >= 15 is 0 Å². The SMILES string of the molecule is CO[C@H]1O[C@H](C)[C@H](O)[C@H](O)[C@H]1O[C@@H]1O[C@H](CO)[C@@H](O)[C@H](O)[C@H]1O[C@@H]1O[C@@H](C)[C@H](O[C@@H]2O[C@H](C)[C@@H](OC(=O)[C@H](C)[C@@H](C)O)[C@H](O)[C@H]2O)[C@@H](O[C@@H]2O[C@H](CO)[C@@H](O)[C@H](O)[C@H]2O[C@@H]2O[C@H](C)[C@@H](OC(=O)[C@H](C)[C@@H](C)O)[C@H](O)[C@H]2O)[C@H]1O. The van der Waals surface area contributed by atoms with Gasteiger partial charge in [0, 0.05) is 7.11 Å². The molecule has 0 bridgehead atoms. The van der Waals surface area contributed by atoms with Crippen molar-refractivity contribution < 1.29 is 153 Å². The average molecular weight is 1140 g/mol. The smallest absolute Gasteiger partial charge is 0.311 e. The minimum atomic E-state index is -2.26. The van der Waals surface area contributed by atoms with Crippen molar-refractivity contribution in [2.75, 3.05) is 20.3 Å². The lowest BCUT2D eigenvalue weighted by Gasteiger charge is -2.51. The highest BCUT2D eigenvalue weighted by Gasteiger charge is 2.59. The highest BCUT2D eigenvalue weighted by molar-refractivity contribution is 5.73. The van der Waals surface area contributed by atoms with E-state index in [0.29, 0.717) is 0 Å². The minimum Gasteiger partial charge on any atom is -0.456 e. The quantitative estimate of drug-likeness (QED) is 0.0534. The predicted octanol–water partition coefficient (Wildman–Crippen LogP) is -8.20. The Balaban J connectivity index is 1.33. The third-order valence-electron chi connectivity index (χ3n) is 15.1. The monoisotopic (exact) mass is 1140 g/mol. The number of hydrogen-bond donors (Lipinski definition) is 15. The maximum Gasteiger partial charge on any atom is 0.311 e. The molecular weight excluding hydrogens is 1060 g/mol. The Morgan fingerprint density at radius 1 is 0.372 bits per heavy atom. The molecule has 0 saturated carbocycles. The van der Waals surface area contributed by atoms with Crippen molar-refractivity contribution in [3.8, 4) is 0 Å². The van der Waals surface area contributed by atoms with Crippen LogP contribution in [0.4, 0.5) is 0 Å². The van der Waals surface area contributed by atoms with Crippen LogP contribution in [0.5, 0.6) is 0 Å². The zero-order chi connectivity index (χ0) is 58.1. The molecule has 0 radical (unpaired) electrons. The van der Waals surface area contributed by atoms with Crippen LogP contribution in [0, 0.1) is 11.8 Å². The molecule has 6 aliphatic heterocycles. The van der Waals surface area contributed by atoms with Crippen LogP contribution in [0.3, 0.4) is 0 Å². The van der Waals surface area contributed by atoms with Crippen LogP contribution >= 0.6 is 0 Å². The molecule has 78 heavy (non-hydrogen) atoms. The number of esters is 2. The molecule has 34 atom stereocenters. The molecule has 454 valence electrons. The van der Waals surface area contributed by atoms with Gasteiger partial charge in [0.1, 0.15) is 110 Å². The van der Waals surface area contributed by atoms with Crippen molar-refractivity contribution in [1.82, 2.24) is 0 Å². The number of aliphatic hydroxyl groups excluding tert-OH is 15. The van der Waals surface area contributed by atoms with Crippen molar-refractivity contribution in [1.29, 1.82) is 0 Å². The largest absolute Gasteiger partial charge is 0.456 e. The van der Waals surface area contributed by atoms with Gasteiger partial charge in [-0.1, -0.05) is 0 Å². The number of hydrogen-bond acceptors (Lipinski definition) is 31. The second-order valence-corrected chi connectivity index (χ2v) is 20.8. The zero-order valence-corrected chi connectivity index (χ0v) is 44.3. The van der Waals surface area contributed by atoms with Gasteiger partial charge in [-0.3, -0.25) is 9.59 Å². The van der Waals surface area contributed by atoms with E-state index in [1.807, 2.05) is 0 Å². The Labute approximate surface area is 447 Å². The second-order valence-electron chi connectivity index (χ2n) is 20.8. The van der Waals surface area contributed by atoms with Crippen LogP contribution < -0.4 is 0 Å². The Kier molecular flexibility index (Phi) is 22.9. The van der Waals surface area contributed by atoms with E-state index < -0.39 is 233 Å². The van der Waals surface area contributed by atoms with Gasteiger partial charge in [-0.2, -0.15) is 0 Å². The molecule has 0 spiro atoms. The van der Waals surface area contributed by atoms with Gasteiger partial charge >= 0.3 is 11.9 Å². The number of ether oxygens (including phenoxy) is 14. The van der Waals surface area contributed by atoms with Crippen molar-refractivity contribution in [3.63, 3.8) is 0 Å². The van der Waals surface area contributed by atoms with Gasteiger partial charge in [0.2, 0.25) is 0 Å². The number of carbonyl (C=O) groups excluding carboxylic acids is 2. The lowest BCUT2D eigenvalue weighted by Crippen LogP contribution is -2.69. The molecule has 31 heteroatoms. The number of methoxy groups -OCH3 is 1. The van der Waals surface area contributed by atoms with Gasteiger partial charge in [-0.05, 0) is 55.4 Å². The molecule has 6 saturated heterocycles. The summed E-state index contributed by atoms with van der Waals surface area (Å²) in [6, 6.07) is 0. The number of rotatable bonds is 19. The van der Waals surface area contributed by atoms with Crippen molar-refractivity contribution in [2.24, 2.45) is 11.8 Å². The molecule has 0 aromatic rings. The molecule has 0 amide bonds. The summed E-state index contributed by atoms with van der Waals surface area (Å²) in [5, 5.41) is 165. The van der Waals surface area contributed by atoms with Crippen LogP contribution in [0.2, 0.25) is 0 Å². The minimum absolute atomic E-state index is 0.902. The van der Waals surface area contributed by atoms with Gasteiger partial charge in [0.25, 0.3) is 0 Å². The Morgan fingerprint density at radius 3 is 1.06 bits per heavy atom. The van der Waals surface area contributed by atoms with E-state index in [1.165, 1.54) is 62.5 Å². The Morgan fingerprint density at radius 2 is 0.679 bits per heavy atom. The summed E-state index contributed by atoms with van der Waals surface area (Å²) in [4.78, 5) is 25.6. The summed E-state index contributed by atoms with van der Waals surface area (Å²) in [5.41, 5.74) is 0. The van der Waals surface area contributed by atoms with Gasteiger partial charge in [-0.25, -0.2) is 0 Å². The molecule has 15 N–H and O–H groups in total. The highest BCUT2D eigenvalue weighted by atomic mass is 16.8. The first kappa shape index (κ1) is 65.0. The molecule has 6 rings (SSSR count). The van der Waals surface area contributed by atoms with Crippen LogP contribution in [0.25, 0.3) is 0 Å². The highest BCUT2D eigenvalue weighted by Crippen LogP contribution is 2.39. The predicted molar refractivity (Wildman–Crippen MR) is 248 cm³/mol. The van der Waals surface area contributed by atoms with Gasteiger partial charge in [0.05, 0.1) is 61.7 Å². The summed E-state index contributed by atoms with van der Waals surface area (Å²) in [5.74, 6) is -4.02. The van der Waals surface area contributed by atoms with E-state index in [0.717, 1.165) is 0 Å². The first-order valence-electron chi connectivity index (χ1n) is 25.8. The van der Waals surface area contributed by atoms with E-state index in [1.54, 1.807) is 0 Å². The standard InChI is InChI=1S/C47H80O31/c1-12(14(3)50)40(63)72-33-17(6)67-42(30(60)28(33)58)74-35-19(8)69-44(77-39-27(57)24(54)21(11-49)71-47(39)78-37-25(55)22(52)16(5)66-45(37)65-9)32(62)36(35)75-46-38(26(56)23(53)20(10-48)70-46)76-43-31(61)29(59)34(18(7)68-43)73-41(64)13(2)15(4)51/h12-39,42-62H,10-11H2,1-9H3/t12-,13-,14-,15-,16-,17-,18-,19+,20-,21-,22+,23-,24-,25+,26+,27+,28-,29-,30-,31-,32-,33-,34-,35+,36+,37-,38-,39-,42+,43+,44+,45+,46+,47+/m1/s1. The lowest BCUT2D eigenvalue weighted by molar-refractivity contribution is -0.413. The van der Waals surface area contributed by atoms with Crippen molar-refractivity contribution in [2.45, 2.75) is 252 Å². The van der Waals surface area contributed by atoms with Crippen LogP contribution in [0.15, 0.2) is 0 Å². The topological polar surface area (TPSA) is 467 Å². The summed E-state index contributed by atoms with van der Waals surface area (Å²) >= 11 is 0. The molecule has 0 aliphatic carbocycles. The third-order valence-corrected chi connectivity index (χ3v) is 15.1. The van der Waals surface area contributed by atoms with Crippen LogP contribution in [-0.2, 0) is 75.9 Å². The Bertz CT molecular complexity index is 1890. The van der Waals surface area contributed by atoms with Gasteiger partial charge in [0.15, 0.2) is 49.9 Å². The van der Waals surface area contributed by atoms with Crippen molar-refractivity contribution in [3.05, 3.63) is 0 Å². The summed E-state index contributed by atoms with van der Waals surface area (Å²) in [6.45, 7) is 8.93. The van der Waals surface area contributed by atoms with Crippen LogP contribution in [0.1, 0.15) is 55.4 Å². The zero-order valence-electron chi connectivity index (χ0n) is 44.3. The molecule has 0 aromatic heterocycles. The first-order chi connectivity index (χ1) is 36.6. The fourth-order valence-electron chi connectivity index (χ4n) is 9.61. The van der Waals surface area contributed by atoms with E-state index in [2.05, 4.69) is 0 Å². The maximum absolute atomic E-state index is 12.8. The van der Waals surface area contributed by atoms with E-state index in [9.17, 15) is 86.2 Å². The molecule has 0 aromatic carbocycles. The van der Waals surface area contributed by atoms with Gasteiger partial charge in [-0.15, -0.1) is 0 Å². The summed E-state index contributed by atoms with van der Waals surface area (Å²) in [6.07, 6.45) is -56.0. The van der Waals surface area contributed by atoms with Gasteiger partial charge < -0.3 is 143 Å². The number of carbonyl (C=O) groups is 2. The molecule has 6 heterocycles. The third kappa shape index (κ3) is 13.9. The number of aliphatic hydroxyl groups is 15. The molecule has 6 aliphatic rings. The maximum atomic E-state index is 12.8.